The van der Waals surface area contributed by atoms with Gasteiger partial charge in [0, 0.05) is 5.69 Å². The van der Waals surface area contributed by atoms with Gasteiger partial charge in [0.1, 0.15) is 0 Å². The quantitative estimate of drug-likeness (QED) is 0.746. The highest BCUT2D eigenvalue weighted by atomic mass is 35.5. The second-order valence-electron chi connectivity index (χ2n) is 3.71. The van der Waals surface area contributed by atoms with Gasteiger partial charge in [0.25, 0.3) is 0 Å². The Hall–Kier alpha value is -0.900. The van der Waals surface area contributed by atoms with Crippen molar-refractivity contribution in [2.45, 2.75) is 24.4 Å². The summed E-state index contributed by atoms with van der Waals surface area (Å²) in [5.41, 5.74) is 4.53. The van der Waals surface area contributed by atoms with Crippen molar-refractivity contribution in [1.29, 1.82) is 0 Å². The summed E-state index contributed by atoms with van der Waals surface area (Å²) in [6.45, 7) is 0. The minimum absolute atomic E-state index is 0. The molecule has 0 unspecified atom stereocenters. The number of hydrogen-bond donors (Lipinski definition) is 1. The van der Waals surface area contributed by atoms with Crippen LogP contribution in [0.3, 0.4) is 0 Å². The third-order valence-corrected chi connectivity index (χ3v) is 2.73. The van der Waals surface area contributed by atoms with E-state index >= 15 is 0 Å². The average Bonchev–Trinajstić information content (AvgIpc) is 2.82. The Kier molecular flexibility index (Phi) is 2.92. The summed E-state index contributed by atoms with van der Waals surface area (Å²) in [7, 11) is 0. The summed E-state index contributed by atoms with van der Waals surface area (Å²) < 4.78 is 38.0. The lowest BCUT2D eigenvalue weighted by Crippen LogP contribution is -2.28. The number of benzene rings is 1. The predicted molar refractivity (Wildman–Crippen MR) is 55.1 cm³/mol. The first-order chi connectivity index (χ1) is 6.46. The molecule has 2 rings (SSSR count). The molecule has 1 aliphatic rings. The van der Waals surface area contributed by atoms with E-state index in [0.29, 0.717) is 11.3 Å². The van der Waals surface area contributed by atoms with Crippen LogP contribution in [0.2, 0.25) is 0 Å². The second-order valence-corrected chi connectivity index (χ2v) is 3.71. The molecule has 0 aliphatic heterocycles. The van der Waals surface area contributed by atoms with Crippen molar-refractivity contribution in [2.24, 2.45) is 0 Å². The molecular weight excluding hydrogens is 227 g/mol. The lowest BCUT2D eigenvalue weighted by Gasteiger charge is -2.19. The van der Waals surface area contributed by atoms with Crippen LogP contribution in [0, 0.1) is 0 Å². The highest BCUT2D eigenvalue weighted by Crippen LogP contribution is 2.58. The topological polar surface area (TPSA) is 26.0 Å². The van der Waals surface area contributed by atoms with Crippen LogP contribution >= 0.6 is 12.4 Å². The van der Waals surface area contributed by atoms with Gasteiger partial charge in [0.15, 0.2) is 0 Å². The van der Waals surface area contributed by atoms with Crippen LogP contribution in [0.4, 0.5) is 18.9 Å². The average molecular weight is 238 g/mol. The highest BCUT2D eigenvalue weighted by molar-refractivity contribution is 5.85. The van der Waals surface area contributed by atoms with Crippen LogP contribution in [-0.4, -0.2) is 6.18 Å². The highest BCUT2D eigenvalue weighted by Gasteiger charge is 2.64. The Morgan fingerprint density at radius 3 is 2.20 bits per heavy atom. The first-order valence-corrected chi connectivity index (χ1v) is 4.38. The molecule has 1 aromatic carbocycles. The second kappa shape index (κ2) is 3.59. The van der Waals surface area contributed by atoms with Crippen molar-refractivity contribution < 1.29 is 13.2 Å². The number of nitrogen functional groups attached to an aromatic ring is 1. The SMILES string of the molecule is Cl.Nc1cccc(C2(C(F)(F)F)CC2)c1. The summed E-state index contributed by atoms with van der Waals surface area (Å²) in [6.07, 6.45) is -3.79. The van der Waals surface area contributed by atoms with Crippen molar-refractivity contribution in [3.63, 3.8) is 0 Å². The number of alkyl halides is 3. The van der Waals surface area contributed by atoms with Crippen molar-refractivity contribution >= 4 is 18.1 Å². The van der Waals surface area contributed by atoms with E-state index in [0.717, 1.165) is 0 Å². The first kappa shape index (κ1) is 12.2. The fourth-order valence-corrected chi connectivity index (χ4v) is 1.70. The van der Waals surface area contributed by atoms with E-state index in [4.69, 9.17) is 5.73 Å². The minimum Gasteiger partial charge on any atom is -0.399 e. The maximum absolute atomic E-state index is 12.7. The molecule has 0 amide bonds. The molecule has 2 N–H and O–H groups in total. The van der Waals surface area contributed by atoms with Crippen molar-refractivity contribution in [1.82, 2.24) is 0 Å². The monoisotopic (exact) mass is 237 g/mol. The van der Waals surface area contributed by atoms with Gasteiger partial charge >= 0.3 is 6.18 Å². The van der Waals surface area contributed by atoms with Gasteiger partial charge in [-0.3, -0.25) is 0 Å². The first-order valence-electron chi connectivity index (χ1n) is 4.38. The zero-order valence-electron chi connectivity index (χ0n) is 7.84. The van der Waals surface area contributed by atoms with Gasteiger partial charge in [-0.25, -0.2) is 0 Å². The number of anilines is 1. The summed E-state index contributed by atoms with van der Waals surface area (Å²) in [4.78, 5) is 0. The van der Waals surface area contributed by atoms with Gasteiger partial charge < -0.3 is 5.73 Å². The molecule has 0 aromatic heterocycles. The van der Waals surface area contributed by atoms with E-state index in [1.807, 2.05) is 0 Å². The van der Waals surface area contributed by atoms with Gasteiger partial charge in [-0.1, -0.05) is 12.1 Å². The lowest BCUT2D eigenvalue weighted by molar-refractivity contribution is -0.160. The molecule has 1 aromatic rings. The molecule has 84 valence electrons. The van der Waals surface area contributed by atoms with E-state index in [1.165, 1.54) is 12.1 Å². The Morgan fingerprint density at radius 1 is 1.20 bits per heavy atom. The number of nitrogens with two attached hydrogens (primary N) is 1. The standard InChI is InChI=1S/C10H10F3N.ClH/c11-10(12,13)9(4-5-9)7-2-1-3-8(14)6-7;/h1-3,6H,4-5,14H2;1H. The van der Waals surface area contributed by atoms with Crippen molar-refractivity contribution in [2.75, 3.05) is 5.73 Å². The maximum Gasteiger partial charge on any atom is 0.398 e. The Bertz CT molecular complexity index is 358. The van der Waals surface area contributed by atoms with E-state index < -0.39 is 11.6 Å². The number of halogens is 4. The van der Waals surface area contributed by atoms with Gasteiger partial charge in [0.2, 0.25) is 0 Å². The van der Waals surface area contributed by atoms with Crippen LogP contribution in [0.25, 0.3) is 0 Å². The smallest absolute Gasteiger partial charge is 0.398 e. The fraction of sp³-hybridized carbons (Fsp3) is 0.400. The molecule has 5 heteroatoms. The van der Waals surface area contributed by atoms with Gasteiger partial charge in [-0.15, -0.1) is 12.4 Å². The summed E-state index contributed by atoms with van der Waals surface area (Å²) in [5, 5.41) is 0. The van der Waals surface area contributed by atoms with E-state index in [1.54, 1.807) is 12.1 Å². The molecule has 1 nitrogen and oxygen atoms in total. The normalized spacial score (nSPS) is 18.1. The molecule has 0 bridgehead atoms. The van der Waals surface area contributed by atoms with E-state index in [-0.39, 0.29) is 25.2 Å². The molecule has 0 radical (unpaired) electrons. The maximum atomic E-state index is 12.7. The molecule has 1 fully saturated rings. The zero-order valence-corrected chi connectivity index (χ0v) is 8.66. The lowest BCUT2D eigenvalue weighted by atomic mass is 9.95. The van der Waals surface area contributed by atoms with Crippen LogP contribution < -0.4 is 5.73 Å². The minimum atomic E-state index is -4.15. The molecule has 15 heavy (non-hydrogen) atoms. The predicted octanol–water partition coefficient (Wildman–Crippen LogP) is 3.28. The summed E-state index contributed by atoms with van der Waals surface area (Å²) >= 11 is 0. The molecule has 0 heterocycles. The largest absolute Gasteiger partial charge is 0.399 e. The van der Waals surface area contributed by atoms with Crippen LogP contribution in [0.1, 0.15) is 18.4 Å². The summed E-state index contributed by atoms with van der Waals surface area (Å²) in [5.74, 6) is 0. The van der Waals surface area contributed by atoms with Crippen molar-refractivity contribution in [3.8, 4) is 0 Å². The summed E-state index contributed by atoms with van der Waals surface area (Å²) in [6, 6.07) is 6.07. The third kappa shape index (κ3) is 1.91. The third-order valence-electron chi connectivity index (χ3n) is 2.73. The van der Waals surface area contributed by atoms with Gasteiger partial charge in [-0.05, 0) is 30.5 Å². The van der Waals surface area contributed by atoms with Crippen LogP contribution in [-0.2, 0) is 5.41 Å². The van der Waals surface area contributed by atoms with Crippen molar-refractivity contribution in [3.05, 3.63) is 29.8 Å². The Balaban J connectivity index is 0.00000112. The fourth-order valence-electron chi connectivity index (χ4n) is 1.70. The number of hydrogen-bond acceptors (Lipinski definition) is 1. The van der Waals surface area contributed by atoms with E-state index in [9.17, 15) is 13.2 Å². The van der Waals surface area contributed by atoms with Gasteiger partial charge in [-0.2, -0.15) is 13.2 Å². The Morgan fingerprint density at radius 2 is 1.80 bits per heavy atom. The molecule has 0 atom stereocenters. The van der Waals surface area contributed by atoms with Gasteiger partial charge in [0.05, 0.1) is 5.41 Å². The molecule has 1 saturated carbocycles. The molecular formula is C10H11ClF3N. The molecule has 1 aliphatic carbocycles. The Labute approximate surface area is 91.9 Å². The molecule has 0 spiro atoms. The molecule has 0 saturated heterocycles. The van der Waals surface area contributed by atoms with Crippen LogP contribution in [0.5, 0.6) is 0 Å². The zero-order chi connectivity index (χ0) is 10.4. The van der Waals surface area contributed by atoms with E-state index in [2.05, 4.69) is 0 Å². The number of rotatable bonds is 1. The van der Waals surface area contributed by atoms with Crippen LogP contribution in [0.15, 0.2) is 24.3 Å².